The molecule has 0 radical (unpaired) electrons. The Morgan fingerprint density at radius 3 is 1.64 bits per heavy atom. The van der Waals surface area contributed by atoms with E-state index in [9.17, 15) is 4.79 Å². The topological polar surface area (TPSA) is 35.5 Å². The fourth-order valence-corrected chi connectivity index (χ4v) is 9.21. The summed E-state index contributed by atoms with van der Waals surface area (Å²) in [4.78, 5) is 10.4. The number of carbonyl (C=O) groups is 1. The highest BCUT2D eigenvalue weighted by Gasteiger charge is 2.47. The van der Waals surface area contributed by atoms with Gasteiger partial charge in [-0.2, -0.15) is 0 Å². The lowest BCUT2D eigenvalue weighted by Crippen LogP contribution is -2.47. The molecule has 0 aromatic rings. The van der Waals surface area contributed by atoms with Gasteiger partial charge in [0.05, 0.1) is 5.76 Å². The first kappa shape index (κ1) is 24.0. The number of hydrogen-bond acceptors (Lipinski definition) is 3. The standard InChI is InChI=1S/C21H40O3Si/c1-9-20(23-16-22)14-12-11-13-15-21(10-2)24-25(17(3)4,18(5)6)19(7)8/h14-19H,9-13H2,1-8H3/b20-14+,21-15+. The summed E-state index contributed by atoms with van der Waals surface area (Å²) in [6.07, 6.45) is 8.95. The Morgan fingerprint density at radius 2 is 1.28 bits per heavy atom. The first-order valence-electron chi connectivity index (χ1n) is 9.93. The van der Waals surface area contributed by atoms with Crippen molar-refractivity contribution in [2.75, 3.05) is 0 Å². The van der Waals surface area contributed by atoms with E-state index in [1.807, 2.05) is 13.0 Å². The molecule has 0 saturated carbocycles. The third kappa shape index (κ3) is 7.39. The second-order valence-corrected chi connectivity index (χ2v) is 13.0. The van der Waals surface area contributed by atoms with Crippen molar-refractivity contribution >= 4 is 14.8 Å². The van der Waals surface area contributed by atoms with E-state index < -0.39 is 8.32 Å². The van der Waals surface area contributed by atoms with Crippen LogP contribution in [0.3, 0.4) is 0 Å². The average molecular weight is 369 g/mol. The average Bonchev–Trinajstić information content (AvgIpc) is 2.55. The van der Waals surface area contributed by atoms with Crippen molar-refractivity contribution in [3.05, 3.63) is 23.7 Å². The van der Waals surface area contributed by atoms with E-state index in [0.717, 1.165) is 43.6 Å². The Bertz CT molecular complexity index is 415. The first-order valence-corrected chi connectivity index (χ1v) is 12.1. The highest BCUT2D eigenvalue weighted by molar-refractivity contribution is 6.77. The van der Waals surface area contributed by atoms with Crippen molar-refractivity contribution in [2.24, 2.45) is 0 Å². The van der Waals surface area contributed by atoms with Crippen LogP contribution in [0.5, 0.6) is 0 Å². The summed E-state index contributed by atoms with van der Waals surface area (Å²) in [5.41, 5.74) is 1.79. The number of ether oxygens (including phenoxy) is 1. The molecule has 0 atom stereocenters. The molecule has 0 aliphatic carbocycles. The molecule has 3 nitrogen and oxygen atoms in total. The summed E-state index contributed by atoms with van der Waals surface area (Å²) in [5, 5.41) is 0. The minimum atomic E-state index is -1.85. The lowest BCUT2D eigenvalue weighted by molar-refractivity contribution is -0.125. The molecule has 0 rings (SSSR count). The fourth-order valence-electron chi connectivity index (χ4n) is 3.82. The van der Waals surface area contributed by atoms with E-state index in [-0.39, 0.29) is 0 Å². The molecule has 0 aromatic heterocycles. The zero-order valence-corrected chi connectivity index (χ0v) is 18.7. The van der Waals surface area contributed by atoms with Crippen LogP contribution in [-0.2, 0) is 14.0 Å². The van der Waals surface area contributed by atoms with E-state index in [4.69, 9.17) is 9.16 Å². The minimum absolute atomic E-state index is 0.506. The Kier molecular flexibility index (Phi) is 11.8. The molecule has 0 heterocycles. The molecule has 4 heteroatoms. The molecule has 146 valence electrons. The summed E-state index contributed by atoms with van der Waals surface area (Å²) < 4.78 is 11.7. The van der Waals surface area contributed by atoms with E-state index >= 15 is 0 Å². The Hall–Kier alpha value is -1.03. The van der Waals surface area contributed by atoms with Gasteiger partial charge in [0.1, 0.15) is 5.76 Å². The van der Waals surface area contributed by atoms with E-state index in [2.05, 4.69) is 54.5 Å². The molecule has 0 aliphatic heterocycles. The fraction of sp³-hybridized carbons (Fsp3) is 0.762. The number of carbonyl (C=O) groups excluding carboxylic acids is 1. The Morgan fingerprint density at radius 1 is 0.840 bits per heavy atom. The normalized spacial score (nSPS) is 13.7. The van der Waals surface area contributed by atoms with Gasteiger partial charge in [-0.25, -0.2) is 0 Å². The molecule has 0 aromatic carbocycles. The van der Waals surface area contributed by atoms with Crippen LogP contribution in [0.1, 0.15) is 87.5 Å². The molecule has 0 unspecified atom stereocenters. The molecule has 0 fully saturated rings. The molecule has 0 bridgehead atoms. The minimum Gasteiger partial charge on any atom is -0.546 e. The molecule has 0 amide bonds. The number of allylic oxidation sites excluding steroid dienone is 4. The third-order valence-corrected chi connectivity index (χ3v) is 11.1. The summed E-state index contributed by atoms with van der Waals surface area (Å²) >= 11 is 0. The molecule has 25 heavy (non-hydrogen) atoms. The van der Waals surface area contributed by atoms with Gasteiger partial charge in [-0.15, -0.1) is 0 Å². The van der Waals surface area contributed by atoms with Gasteiger partial charge in [-0.3, -0.25) is 4.79 Å². The van der Waals surface area contributed by atoms with Gasteiger partial charge in [-0.05, 0) is 48.0 Å². The zero-order valence-electron chi connectivity index (χ0n) is 17.7. The Labute approximate surface area is 157 Å². The van der Waals surface area contributed by atoms with Crippen molar-refractivity contribution in [2.45, 2.75) is 104 Å². The first-order chi connectivity index (χ1) is 11.8. The maximum Gasteiger partial charge on any atom is 0.298 e. The molecule has 0 spiro atoms. The summed E-state index contributed by atoms with van der Waals surface area (Å²) in [6.45, 7) is 18.6. The SMILES string of the molecule is CC/C(=C\CCC/C=C(\CC)O[Si](C(C)C)(C(C)C)C(C)C)OC=O. The van der Waals surface area contributed by atoms with Crippen LogP contribution in [0.15, 0.2) is 23.7 Å². The van der Waals surface area contributed by atoms with E-state index in [1.54, 1.807) is 0 Å². The predicted octanol–water partition coefficient (Wildman–Crippen LogP) is 7.11. The Balaban J connectivity index is 4.90. The van der Waals surface area contributed by atoms with Gasteiger partial charge in [0.15, 0.2) is 0 Å². The van der Waals surface area contributed by atoms with E-state index in [0.29, 0.717) is 23.1 Å². The van der Waals surface area contributed by atoms with Crippen molar-refractivity contribution in [1.82, 2.24) is 0 Å². The largest absolute Gasteiger partial charge is 0.546 e. The molecular weight excluding hydrogens is 328 g/mol. The van der Waals surface area contributed by atoms with Crippen LogP contribution in [0, 0.1) is 0 Å². The maximum atomic E-state index is 10.4. The van der Waals surface area contributed by atoms with Gasteiger partial charge in [0, 0.05) is 12.8 Å². The number of rotatable bonds is 13. The highest BCUT2D eigenvalue weighted by atomic mass is 28.4. The number of unbranched alkanes of at least 4 members (excludes halogenated alkanes) is 2. The molecule has 0 saturated heterocycles. The van der Waals surface area contributed by atoms with Crippen LogP contribution in [-0.4, -0.2) is 14.8 Å². The highest BCUT2D eigenvalue weighted by Crippen LogP contribution is 2.43. The lowest BCUT2D eigenvalue weighted by Gasteiger charge is -2.43. The third-order valence-electron chi connectivity index (χ3n) is 5.06. The van der Waals surface area contributed by atoms with Crippen molar-refractivity contribution in [1.29, 1.82) is 0 Å². The van der Waals surface area contributed by atoms with Crippen molar-refractivity contribution in [3.8, 4) is 0 Å². The summed E-state index contributed by atoms with van der Waals surface area (Å²) in [5.74, 6) is 1.92. The second kappa shape index (κ2) is 12.3. The quantitative estimate of drug-likeness (QED) is 0.150. The lowest BCUT2D eigenvalue weighted by atomic mass is 10.2. The molecule has 0 N–H and O–H groups in total. The molecular formula is C21H40O3Si. The second-order valence-electron chi connectivity index (χ2n) is 7.61. The monoisotopic (exact) mass is 368 g/mol. The van der Waals surface area contributed by atoms with Crippen LogP contribution < -0.4 is 0 Å². The summed E-state index contributed by atoms with van der Waals surface area (Å²) in [6, 6.07) is 0. The van der Waals surface area contributed by atoms with Gasteiger partial charge >= 0.3 is 0 Å². The summed E-state index contributed by atoms with van der Waals surface area (Å²) in [7, 11) is -1.85. The van der Waals surface area contributed by atoms with Crippen LogP contribution in [0.2, 0.25) is 16.6 Å². The van der Waals surface area contributed by atoms with Crippen LogP contribution in [0.25, 0.3) is 0 Å². The van der Waals surface area contributed by atoms with Crippen LogP contribution in [0.4, 0.5) is 0 Å². The maximum absolute atomic E-state index is 10.4. The smallest absolute Gasteiger partial charge is 0.298 e. The zero-order chi connectivity index (χ0) is 19.5. The predicted molar refractivity (Wildman–Crippen MR) is 110 cm³/mol. The van der Waals surface area contributed by atoms with Gasteiger partial charge in [0.25, 0.3) is 14.8 Å². The van der Waals surface area contributed by atoms with E-state index in [1.165, 1.54) is 0 Å². The number of hydrogen-bond donors (Lipinski definition) is 0. The van der Waals surface area contributed by atoms with Gasteiger partial charge < -0.3 is 9.16 Å². The van der Waals surface area contributed by atoms with Gasteiger partial charge in [-0.1, -0.05) is 55.4 Å². The van der Waals surface area contributed by atoms with Crippen molar-refractivity contribution in [3.63, 3.8) is 0 Å². The molecule has 0 aliphatic rings. The van der Waals surface area contributed by atoms with Crippen molar-refractivity contribution < 1.29 is 14.0 Å². The van der Waals surface area contributed by atoms with Crippen LogP contribution >= 0.6 is 0 Å². The van der Waals surface area contributed by atoms with Gasteiger partial charge in [0.2, 0.25) is 0 Å².